The van der Waals surface area contributed by atoms with E-state index < -0.39 is 0 Å². The van der Waals surface area contributed by atoms with Crippen LogP contribution in [0.25, 0.3) is 5.65 Å². The molecule has 56 valence electrons. The molecule has 0 spiro atoms. The number of fused-ring (bicyclic) bond motifs is 1. The third kappa shape index (κ3) is 0.739. The van der Waals surface area contributed by atoms with Crippen LogP contribution in [0.2, 0.25) is 0 Å². The number of nitrogens with one attached hydrogen (secondary N) is 1. The molecule has 0 aromatic carbocycles. The molecule has 2 aromatic rings. The summed E-state index contributed by atoms with van der Waals surface area (Å²) in [4.78, 5) is 14.9. The van der Waals surface area contributed by atoms with E-state index in [1.807, 2.05) is 0 Å². The molecule has 0 aliphatic heterocycles. The molecule has 0 saturated carbocycles. The van der Waals surface area contributed by atoms with Crippen molar-refractivity contribution in [3.05, 3.63) is 28.6 Å². The Morgan fingerprint density at radius 3 is 3.18 bits per heavy atom. The van der Waals surface area contributed by atoms with Crippen molar-refractivity contribution >= 4 is 5.65 Å². The third-order valence-corrected chi connectivity index (χ3v) is 1.51. The highest BCUT2D eigenvalue weighted by molar-refractivity contribution is 5.40. The smallest absolute Gasteiger partial charge is 0.256 e. The summed E-state index contributed by atoms with van der Waals surface area (Å²) in [5.41, 5.74) is 1.09. The molecule has 2 heterocycles. The van der Waals surface area contributed by atoms with Crippen molar-refractivity contribution < 1.29 is 0 Å². The average Bonchev–Trinajstić information content (AvgIpc) is 2.35. The standard InChI is InChI=1S/C6H6N4O/c1-4-5-8-9-6(11)10(5)3-2-7-4/h2-3H,1H3,(H,9,11). The number of aryl methyl sites for hydroxylation is 1. The van der Waals surface area contributed by atoms with Crippen LogP contribution in [0.4, 0.5) is 0 Å². The third-order valence-electron chi connectivity index (χ3n) is 1.51. The van der Waals surface area contributed by atoms with Gasteiger partial charge < -0.3 is 0 Å². The van der Waals surface area contributed by atoms with Crippen molar-refractivity contribution in [3.8, 4) is 0 Å². The second-order valence-electron chi connectivity index (χ2n) is 2.24. The maximum absolute atomic E-state index is 10.9. The van der Waals surface area contributed by atoms with E-state index in [0.29, 0.717) is 5.65 Å². The fourth-order valence-electron chi connectivity index (χ4n) is 0.968. The lowest BCUT2D eigenvalue weighted by atomic mass is 10.5. The Labute approximate surface area is 61.7 Å². The largest absolute Gasteiger partial charge is 0.347 e. The lowest BCUT2D eigenvalue weighted by molar-refractivity contribution is 1.01. The normalized spacial score (nSPS) is 10.6. The first kappa shape index (κ1) is 6.09. The summed E-state index contributed by atoms with van der Waals surface area (Å²) >= 11 is 0. The number of nitrogens with zero attached hydrogens (tertiary/aromatic N) is 3. The van der Waals surface area contributed by atoms with E-state index in [9.17, 15) is 4.79 Å². The molecule has 5 heteroatoms. The van der Waals surface area contributed by atoms with Crippen molar-refractivity contribution in [2.24, 2.45) is 0 Å². The van der Waals surface area contributed by atoms with E-state index in [1.165, 1.54) is 4.40 Å². The second-order valence-corrected chi connectivity index (χ2v) is 2.24. The Balaban J connectivity index is 3.06. The Morgan fingerprint density at radius 2 is 2.45 bits per heavy atom. The van der Waals surface area contributed by atoms with Crippen LogP contribution in [0.3, 0.4) is 0 Å². The Morgan fingerprint density at radius 1 is 1.64 bits per heavy atom. The predicted octanol–water partition coefficient (Wildman–Crippen LogP) is -0.274. The van der Waals surface area contributed by atoms with Gasteiger partial charge in [-0.1, -0.05) is 0 Å². The van der Waals surface area contributed by atoms with E-state index in [1.54, 1.807) is 19.3 Å². The van der Waals surface area contributed by atoms with Crippen LogP contribution >= 0.6 is 0 Å². The molecule has 1 N–H and O–H groups in total. The minimum absolute atomic E-state index is 0.231. The van der Waals surface area contributed by atoms with Crippen LogP contribution < -0.4 is 5.69 Å². The molecule has 0 amide bonds. The summed E-state index contributed by atoms with van der Waals surface area (Å²) in [6, 6.07) is 0. The first-order chi connectivity index (χ1) is 5.29. The summed E-state index contributed by atoms with van der Waals surface area (Å²) in [7, 11) is 0. The zero-order chi connectivity index (χ0) is 7.84. The van der Waals surface area contributed by atoms with Crippen molar-refractivity contribution in [2.75, 3.05) is 0 Å². The van der Waals surface area contributed by atoms with Crippen LogP contribution in [-0.4, -0.2) is 19.6 Å². The quantitative estimate of drug-likeness (QED) is 0.562. The van der Waals surface area contributed by atoms with Gasteiger partial charge in [-0.3, -0.25) is 4.98 Å². The highest BCUT2D eigenvalue weighted by Gasteiger charge is 2.00. The van der Waals surface area contributed by atoms with E-state index in [-0.39, 0.29) is 5.69 Å². The summed E-state index contributed by atoms with van der Waals surface area (Å²) in [6.07, 6.45) is 3.15. The SMILES string of the molecule is Cc1nccn2c(=O)[nH]nc12. The Bertz CT molecular complexity index is 441. The molecule has 0 fully saturated rings. The molecule has 0 radical (unpaired) electrons. The van der Waals surface area contributed by atoms with Gasteiger partial charge >= 0.3 is 5.69 Å². The first-order valence-corrected chi connectivity index (χ1v) is 3.17. The van der Waals surface area contributed by atoms with E-state index in [4.69, 9.17) is 0 Å². The van der Waals surface area contributed by atoms with E-state index in [0.717, 1.165) is 5.69 Å². The zero-order valence-corrected chi connectivity index (χ0v) is 5.90. The monoisotopic (exact) mass is 150 g/mol. The molecule has 0 atom stereocenters. The molecular formula is C6H6N4O. The Kier molecular flexibility index (Phi) is 1.06. The number of hydrogen-bond donors (Lipinski definition) is 1. The lowest BCUT2D eigenvalue weighted by Crippen LogP contribution is -2.08. The van der Waals surface area contributed by atoms with Gasteiger partial charge in [-0.2, -0.15) is 5.10 Å². The number of H-pyrrole nitrogens is 1. The summed E-state index contributed by atoms with van der Waals surface area (Å²) in [5, 5.41) is 6.12. The van der Waals surface area contributed by atoms with Crippen LogP contribution in [0.5, 0.6) is 0 Å². The minimum atomic E-state index is -0.231. The highest BCUT2D eigenvalue weighted by atomic mass is 16.1. The van der Waals surface area contributed by atoms with Gasteiger partial charge in [0.15, 0.2) is 5.65 Å². The van der Waals surface area contributed by atoms with Gasteiger partial charge in [0.05, 0.1) is 5.69 Å². The number of aromatic amines is 1. The summed E-state index contributed by atoms with van der Waals surface area (Å²) in [6.45, 7) is 1.80. The zero-order valence-electron chi connectivity index (χ0n) is 5.90. The lowest BCUT2D eigenvalue weighted by Gasteiger charge is -1.90. The van der Waals surface area contributed by atoms with Gasteiger partial charge in [0, 0.05) is 12.4 Å². The van der Waals surface area contributed by atoms with Crippen molar-refractivity contribution in [1.82, 2.24) is 19.6 Å². The molecule has 0 saturated heterocycles. The maximum atomic E-state index is 10.9. The van der Waals surface area contributed by atoms with Crippen molar-refractivity contribution in [1.29, 1.82) is 0 Å². The highest BCUT2D eigenvalue weighted by Crippen LogP contribution is 1.97. The van der Waals surface area contributed by atoms with E-state index >= 15 is 0 Å². The van der Waals surface area contributed by atoms with Gasteiger partial charge in [0.2, 0.25) is 0 Å². The topological polar surface area (TPSA) is 63.1 Å². The van der Waals surface area contributed by atoms with Gasteiger partial charge in [0.1, 0.15) is 0 Å². The van der Waals surface area contributed by atoms with E-state index in [2.05, 4.69) is 15.2 Å². The van der Waals surface area contributed by atoms with Crippen molar-refractivity contribution in [2.45, 2.75) is 6.92 Å². The molecule has 0 unspecified atom stereocenters. The van der Waals surface area contributed by atoms with Crippen LogP contribution in [0, 0.1) is 6.92 Å². The number of rotatable bonds is 0. The molecule has 11 heavy (non-hydrogen) atoms. The van der Waals surface area contributed by atoms with Gasteiger partial charge in [-0.05, 0) is 6.92 Å². The van der Waals surface area contributed by atoms with Gasteiger partial charge in [0.25, 0.3) is 0 Å². The minimum Gasteiger partial charge on any atom is -0.256 e. The fraction of sp³-hybridized carbons (Fsp3) is 0.167. The molecule has 5 nitrogen and oxygen atoms in total. The molecule has 2 rings (SSSR count). The molecular weight excluding hydrogens is 144 g/mol. The first-order valence-electron chi connectivity index (χ1n) is 3.17. The summed E-state index contributed by atoms with van der Waals surface area (Å²) < 4.78 is 1.42. The average molecular weight is 150 g/mol. The maximum Gasteiger partial charge on any atom is 0.347 e. The molecule has 0 bridgehead atoms. The Hall–Kier alpha value is -1.65. The van der Waals surface area contributed by atoms with Crippen LogP contribution in [0.15, 0.2) is 17.2 Å². The predicted molar refractivity (Wildman–Crippen MR) is 38.3 cm³/mol. The summed E-state index contributed by atoms with van der Waals surface area (Å²) in [5.74, 6) is 0. The van der Waals surface area contributed by atoms with Crippen LogP contribution in [0.1, 0.15) is 5.69 Å². The number of aromatic nitrogens is 4. The molecule has 0 aliphatic carbocycles. The van der Waals surface area contributed by atoms with Crippen molar-refractivity contribution in [3.63, 3.8) is 0 Å². The molecule has 0 aliphatic rings. The fourth-order valence-corrected chi connectivity index (χ4v) is 0.968. The number of hydrogen-bond acceptors (Lipinski definition) is 3. The second kappa shape index (κ2) is 1.91. The van der Waals surface area contributed by atoms with Crippen LogP contribution in [-0.2, 0) is 0 Å². The molecule has 2 aromatic heterocycles. The van der Waals surface area contributed by atoms with Gasteiger partial charge in [-0.15, -0.1) is 0 Å². The van der Waals surface area contributed by atoms with Gasteiger partial charge in [-0.25, -0.2) is 14.3 Å².